The number of rotatable bonds is 4. The second-order valence-electron chi connectivity index (χ2n) is 10.0. The van der Waals surface area contributed by atoms with Crippen molar-refractivity contribution in [1.29, 1.82) is 0 Å². The summed E-state index contributed by atoms with van der Waals surface area (Å²) in [5.41, 5.74) is 7.73. The predicted octanol–water partition coefficient (Wildman–Crippen LogP) is 4.41. The number of imidazole rings is 1. The highest BCUT2D eigenvalue weighted by molar-refractivity contribution is 6.03. The van der Waals surface area contributed by atoms with E-state index < -0.39 is 0 Å². The first kappa shape index (κ1) is 23.7. The van der Waals surface area contributed by atoms with E-state index in [9.17, 15) is 4.39 Å². The normalized spacial score (nSPS) is 24.5. The molecule has 1 aromatic carbocycles. The number of fused-ring (bicyclic) bond motifs is 1. The molecule has 37 heavy (non-hydrogen) atoms. The summed E-state index contributed by atoms with van der Waals surface area (Å²) >= 11 is 0. The molecule has 2 atom stereocenters. The Morgan fingerprint density at radius 3 is 2.86 bits per heavy atom. The van der Waals surface area contributed by atoms with Crippen LogP contribution in [0.4, 0.5) is 4.39 Å². The zero-order valence-electron chi connectivity index (χ0n) is 21.2. The molecule has 192 valence electrons. The van der Waals surface area contributed by atoms with Gasteiger partial charge in [-0.25, -0.2) is 9.37 Å². The van der Waals surface area contributed by atoms with Crippen LogP contribution in [-0.4, -0.2) is 57.7 Å². The van der Waals surface area contributed by atoms with Gasteiger partial charge in [0, 0.05) is 25.8 Å². The van der Waals surface area contributed by atoms with E-state index in [1.807, 2.05) is 29.8 Å². The van der Waals surface area contributed by atoms with Crippen molar-refractivity contribution >= 4 is 11.9 Å². The minimum absolute atomic E-state index is 0.0689. The molecule has 3 aliphatic rings. The average molecular weight is 503 g/mol. The fourth-order valence-electron chi connectivity index (χ4n) is 5.65. The molecule has 0 bridgehead atoms. The molecule has 5 heterocycles. The number of amidine groups is 1. The van der Waals surface area contributed by atoms with Gasteiger partial charge in [-0.1, -0.05) is 6.07 Å². The third-order valence-electron chi connectivity index (χ3n) is 7.44. The van der Waals surface area contributed by atoms with Crippen molar-refractivity contribution in [2.75, 3.05) is 26.8 Å². The van der Waals surface area contributed by atoms with Crippen LogP contribution in [0.3, 0.4) is 0 Å². The van der Waals surface area contributed by atoms with Crippen LogP contribution in [0.15, 0.2) is 59.7 Å². The van der Waals surface area contributed by atoms with Crippen molar-refractivity contribution in [2.45, 2.75) is 44.2 Å². The van der Waals surface area contributed by atoms with E-state index in [1.165, 1.54) is 12.3 Å². The maximum absolute atomic E-state index is 13.6. The minimum Gasteiger partial charge on any atom is -0.495 e. The minimum atomic E-state index is -0.337. The fraction of sp³-hybridized carbons (Fsp3) is 0.393. The first-order valence-electron chi connectivity index (χ1n) is 12.8. The summed E-state index contributed by atoms with van der Waals surface area (Å²) in [5, 5.41) is 4.73. The lowest BCUT2D eigenvalue weighted by molar-refractivity contribution is -0.0961. The first-order valence-corrected chi connectivity index (χ1v) is 12.8. The van der Waals surface area contributed by atoms with E-state index >= 15 is 0 Å². The molecule has 2 unspecified atom stereocenters. The summed E-state index contributed by atoms with van der Waals surface area (Å²) in [4.78, 5) is 11.0. The lowest BCUT2D eigenvalue weighted by Gasteiger charge is -2.50. The van der Waals surface area contributed by atoms with Crippen molar-refractivity contribution < 1.29 is 13.9 Å². The van der Waals surface area contributed by atoms with Gasteiger partial charge >= 0.3 is 0 Å². The Hall–Kier alpha value is -3.72. The molecule has 0 aliphatic carbocycles. The molecule has 0 amide bonds. The van der Waals surface area contributed by atoms with E-state index in [2.05, 4.69) is 32.4 Å². The lowest BCUT2D eigenvalue weighted by atomic mass is 9.81. The first-order chi connectivity index (χ1) is 18.0. The summed E-state index contributed by atoms with van der Waals surface area (Å²) in [6.07, 6.45) is 11.2. The Kier molecular flexibility index (Phi) is 6.16. The lowest BCUT2D eigenvalue weighted by Crippen LogP contribution is -2.58. The maximum atomic E-state index is 13.6. The largest absolute Gasteiger partial charge is 0.495 e. The van der Waals surface area contributed by atoms with Gasteiger partial charge in [0.2, 0.25) is 0 Å². The van der Waals surface area contributed by atoms with Crippen molar-refractivity contribution in [3.05, 3.63) is 77.4 Å². The second kappa shape index (κ2) is 9.63. The number of methoxy groups -OCH3 is 1. The monoisotopic (exact) mass is 502 g/mol. The van der Waals surface area contributed by atoms with Crippen LogP contribution >= 0.6 is 0 Å². The number of benzene rings is 1. The highest BCUT2D eigenvalue weighted by Gasteiger charge is 2.46. The van der Waals surface area contributed by atoms with Crippen molar-refractivity contribution in [1.82, 2.24) is 24.9 Å². The Morgan fingerprint density at radius 2 is 2.14 bits per heavy atom. The Balaban J connectivity index is 1.39. The molecular weight excluding hydrogens is 471 g/mol. The summed E-state index contributed by atoms with van der Waals surface area (Å²) in [5.74, 6) is 1.31. The summed E-state index contributed by atoms with van der Waals surface area (Å²) in [6, 6.07) is 9.34. The number of nitrogens with one attached hydrogen (secondary N) is 1. The van der Waals surface area contributed by atoms with Gasteiger partial charge in [-0.05, 0) is 67.7 Å². The number of hydrogen-bond donors (Lipinski definition) is 1. The number of ether oxygens (including phenoxy) is 2. The molecular formula is C28H31FN6O2. The molecule has 2 saturated heterocycles. The van der Waals surface area contributed by atoms with Crippen molar-refractivity contribution in [3.63, 3.8) is 0 Å². The summed E-state index contributed by atoms with van der Waals surface area (Å²) in [7, 11) is 1.68. The van der Waals surface area contributed by atoms with Crippen LogP contribution in [0.5, 0.6) is 5.75 Å². The molecule has 2 fully saturated rings. The van der Waals surface area contributed by atoms with Gasteiger partial charge in [0.15, 0.2) is 5.84 Å². The van der Waals surface area contributed by atoms with Gasteiger partial charge < -0.3 is 24.4 Å². The third kappa shape index (κ3) is 4.59. The van der Waals surface area contributed by atoms with Gasteiger partial charge in [-0.2, -0.15) is 5.10 Å². The molecule has 1 spiro atoms. The Bertz CT molecular complexity index is 1340. The number of nitrogens with zero attached hydrogens (tertiary/aromatic N) is 5. The fourth-order valence-corrected chi connectivity index (χ4v) is 5.65. The molecule has 6 rings (SSSR count). The van der Waals surface area contributed by atoms with Gasteiger partial charge in [0.05, 0.1) is 54.9 Å². The number of hydrazone groups is 1. The van der Waals surface area contributed by atoms with Crippen molar-refractivity contribution in [2.24, 2.45) is 5.10 Å². The van der Waals surface area contributed by atoms with Crippen LogP contribution in [-0.2, 0) is 4.74 Å². The standard InChI is InChI=1S/C28H31FN6O2/c1-19-16-34(18-31-19)24-8-5-20(12-26(24)36-2)11-21-13-28(9-3-4-10-37-28)17-35-25(15-32-33-27(21)35)23-7-6-22(29)14-30-23/h5-8,11-12,14,16,18,25,32H,3-4,9-10,13,15,17H2,1-2H3/b21-11+. The zero-order chi connectivity index (χ0) is 25.4. The highest BCUT2D eigenvalue weighted by Crippen LogP contribution is 2.41. The van der Waals surface area contributed by atoms with E-state index in [1.54, 1.807) is 19.5 Å². The van der Waals surface area contributed by atoms with E-state index in [-0.39, 0.29) is 17.5 Å². The summed E-state index contributed by atoms with van der Waals surface area (Å²) in [6.45, 7) is 4.06. The highest BCUT2D eigenvalue weighted by atomic mass is 19.1. The molecule has 0 radical (unpaired) electrons. The molecule has 3 aliphatic heterocycles. The van der Waals surface area contributed by atoms with Gasteiger partial charge in [0.1, 0.15) is 11.6 Å². The number of pyridine rings is 1. The van der Waals surface area contributed by atoms with Crippen LogP contribution < -0.4 is 10.2 Å². The van der Waals surface area contributed by atoms with Crippen LogP contribution in [0.2, 0.25) is 0 Å². The average Bonchev–Trinajstić information content (AvgIpc) is 3.35. The van der Waals surface area contributed by atoms with Crippen LogP contribution in [0, 0.1) is 12.7 Å². The van der Waals surface area contributed by atoms with Gasteiger partial charge in [0.25, 0.3) is 0 Å². The quantitative estimate of drug-likeness (QED) is 0.570. The molecule has 2 aromatic heterocycles. The SMILES string of the molecule is COc1cc(/C=C2\CC3(CCCCO3)CN3C2=NNCC3c2ccc(F)cn2)ccc1-n1cnc(C)c1. The zero-order valence-corrected chi connectivity index (χ0v) is 21.2. The van der Waals surface area contributed by atoms with E-state index in [0.29, 0.717) is 6.54 Å². The molecule has 1 N–H and O–H groups in total. The topological polar surface area (TPSA) is 76.8 Å². The van der Waals surface area contributed by atoms with E-state index in [0.717, 1.165) is 78.6 Å². The number of aryl methyl sites for hydroxylation is 1. The van der Waals surface area contributed by atoms with Crippen LogP contribution in [0.25, 0.3) is 11.8 Å². The van der Waals surface area contributed by atoms with E-state index in [4.69, 9.17) is 14.6 Å². The molecule has 8 nitrogen and oxygen atoms in total. The maximum Gasteiger partial charge on any atom is 0.152 e. The van der Waals surface area contributed by atoms with Crippen LogP contribution in [0.1, 0.15) is 48.7 Å². The smallest absolute Gasteiger partial charge is 0.152 e. The Labute approximate surface area is 215 Å². The third-order valence-corrected chi connectivity index (χ3v) is 7.44. The second-order valence-corrected chi connectivity index (χ2v) is 10.0. The number of aromatic nitrogens is 3. The number of piperidine rings is 1. The predicted molar refractivity (Wildman–Crippen MR) is 139 cm³/mol. The summed E-state index contributed by atoms with van der Waals surface area (Å²) < 4.78 is 27.8. The Morgan fingerprint density at radius 1 is 1.22 bits per heavy atom. The molecule has 9 heteroatoms. The number of halogens is 1. The van der Waals surface area contributed by atoms with Crippen molar-refractivity contribution in [3.8, 4) is 11.4 Å². The van der Waals surface area contributed by atoms with Gasteiger partial charge in [-0.15, -0.1) is 0 Å². The molecule has 0 saturated carbocycles. The molecule has 3 aromatic rings. The van der Waals surface area contributed by atoms with Gasteiger partial charge in [-0.3, -0.25) is 4.98 Å². The number of hydrogen-bond acceptors (Lipinski definition) is 7.